The Morgan fingerprint density at radius 3 is 2.50 bits per heavy atom. The van der Waals surface area contributed by atoms with E-state index in [1.165, 1.54) is 0 Å². The van der Waals surface area contributed by atoms with Crippen molar-refractivity contribution in [3.8, 4) is 0 Å². The monoisotopic (exact) mass is 357 g/mol. The predicted molar refractivity (Wildman–Crippen MR) is 91.0 cm³/mol. The van der Waals surface area contributed by atoms with Crippen LogP contribution in [-0.4, -0.2) is 80.4 Å². The summed E-state index contributed by atoms with van der Waals surface area (Å²) in [5, 5.41) is 0. The number of amides is 1. The van der Waals surface area contributed by atoms with E-state index in [2.05, 4.69) is 11.8 Å². The van der Waals surface area contributed by atoms with E-state index >= 15 is 0 Å². The molecule has 0 radical (unpaired) electrons. The van der Waals surface area contributed by atoms with Crippen molar-refractivity contribution in [2.24, 2.45) is 5.73 Å². The minimum Gasteiger partial charge on any atom is -0.383 e. The number of carbonyl (C=O) groups excluding carboxylic acids is 1. The fraction of sp³-hybridized carbons (Fsp3) is 0.929. The number of hydrogen-bond acceptors (Lipinski definition) is 5. The van der Waals surface area contributed by atoms with E-state index in [-0.39, 0.29) is 30.7 Å². The molecule has 6 nitrogen and oxygen atoms in total. The van der Waals surface area contributed by atoms with Gasteiger partial charge in [0.2, 0.25) is 5.91 Å². The minimum atomic E-state index is -0.716. The molecule has 8 heteroatoms. The average Bonchev–Trinajstić information content (AvgIpc) is 2.46. The lowest BCUT2D eigenvalue weighted by Crippen LogP contribution is -2.63. The highest BCUT2D eigenvalue weighted by Crippen LogP contribution is 2.22. The van der Waals surface area contributed by atoms with Crippen LogP contribution in [-0.2, 0) is 14.3 Å². The SMILES string of the molecule is COCCN1CCN(C(=O)C2(N)CCOCC2)CC1C.Cl.Cl. The Labute approximate surface area is 145 Å². The van der Waals surface area contributed by atoms with Crippen LogP contribution in [0, 0.1) is 0 Å². The quantitative estimate of drug-likeness (QED) is 0.794. The zero-order valence-corrected chi connectivity index (χ0v) is 15.1. The second-order valence-electron chi connectivity index (χ2n) is 5.90. The molecule has 132 valence electrons. The van der Waals surface area contributed by atoms with Crippen molar-refractivity contribution >= 4 is 30.7 Å². The Balaban J connectivity index is 0.00000220. The molecule has 2 aliphatic rings. The van der Waals surface area contributed by atoms with Crippen LogP contribution in [0.2, 0.25) is 0 Å². The second kappa shape index (κ2) is 9.90. The third kappa shape index (κ3) is 5.22. The van der Waals surface area contributed by atoms with Gasteiger partial charge in [-0.05, 0) is 19.8 Å². The van der Waals surface area contributed by atoms with Gasteiger partial charge < -0.3 is 20.1 Å². The molecule has 2 rings (SSSR count). The van der Waals surface area contributed by atoms with E-state index in [1.807, 2.05) is 4.90 Å². The molecule has 2 N–H and O–H groups in total. The van der Waals surface area contributed by atoms with Gasteiger partial charge in [-0.1, -0.05) is 0 Å². The van der Waals surface area contributed by atoms with Crippen LogP contribution >= 0.6 is 24.8 Å². The molecule has 0 aromatic heterocycles. The van der Waals surface area contributed by atoms with Crippen LogP contribution in [0.25, 0.3) is 0 Å². The molecule has 0 spiro atoms. The van der Waals surface area contributed by atoms with Crippen molar-refractivity contribution < 1.29 is 14.3 Å². The Morgan fingerprint density at radius 1 is 1.32 bits per heavy atom. The number of rotatable bonds is 4. The van der Waals surface area contributed by atoms with E-state index in [1.54, 1.807) is 7.11 Å². The second-order valence-corrected chi connectivity index (χ2v) is 5.90. The number of ether oxygens (including phenoxy) is 2. The molecular formula is C14H29Cl2N3O3. The summed E-state index contributed by atoms with van der Waals surface area (Å²) < 4.78 is 10.4. The molecule has 2 fully saturated rings. The van der Waals surface area contributed by atoms with Crippen LogP contribution in [0.4, 0.5) is 0 Å². The molecule has 1 amide bonds. The predicted octanol–water partition coefficient (Wildman–Crippen LogP) is 0.517. The van der Waals surface area contributed by atoms with Crippen LogP contribution in [0.3, 0.4) is 0 Å². The fourth-order valence-electron chi connectivity index (χ4n) is 2.98. The summed E-state index contributed by atoms with van der Waals surface area (Å²) in [6, 6.07) is 0.353. The van der Waals surface area contributed by atoms with E-state index < -0.39 is 5.54 Å². The van der Waals surface area contributed by atoms with Gasteiger partial charge in [0.1, 0.15) is 0 Å². The lowest BCUT2D eigenvalue weighted by atomic mass is 9.89. The van der Waals surface area contributed by atoms with Crippen LogP contribution in [0.15, 0.2) is 0 Å². The van der Waals surface area contributed by atoms with Crippen LogP contribution < -0.4 is 5.73 Å². The first-order chi connectivity index (χ1) is 9.57. The molecule has 0 bridgehead atoms. The third-order valence-corrected chi connectivity index (χ3v) is 4.45. The van der Waals surface area contributed by atoms with Gasteiger partial charge in [0.25, 0.3) is 0 Å². The number of piperazine rings is 1. The van der Waals surface area contributed by atoms with Gasteiger partial charge >= 0.3 is 0 Å². The maximum atomic E-state index is 12.6. The number of hydrogen-bond donors (Lipinski definition) is 1. The fourth-order valence-corrected chi connectivity index (χ4v) is 2.98. The van der Waals surface area contributed by atoms with Crippen molar-refractivity contribution in [3.05, 3.63) is 0 Å². The zero-order valence-electron chi connectivity index (χ0n) is 13.5. The van der Waals surface area contributed by atoms with Gasteiger partial charge in [0.05, 0.1) is 12.1 Å². The molecule has 0 aromatic carbocycles. The first-order valence-electron chi connectivity index (χ1n) is 7.46. The molecular weight excluding hydrogens is 329 g/mol. The first-order valence-corrected chi connectivity index (χ1v) is 7.46. The topological polar surface area (TPSA) is 68.0 Å². The molecule has 1 atom stereocenters. The molecule has 22 heavy (non-hydrogen) atoms. The highest BCUT2D eigenvalue weighted by atomic mass is 35.5. The standard InChI is InChI=1S/C14H27N3O3.2ClH/c1-12-11-17(6-5-16(12)7-10-19-2)13(18)14(15)3-8-20-9-4-14;;/h12H,3-11,15H2,1-2H3;2*1H. The molecule has 1 unspecified atom stereocenters. The van der Waals surface area contributed by atoms with E-state index in [4.69, 9.17) is 15.2 Å². The van der Waals surface area contributed by atoms with E-state index in [9.17, 15) is 4.79 Å². The number of carbonyl (C=O) groups is 1. The Kier molecular flexibility index (Phi) is 9.85. The summed E-state index contributed by atoms with van der Waals surface area (Å²) in [4.78, 5) is 16.9. The number of nitrogens with two attached hydrogens (primary N) is 1. The van der Waals surface area contributed by atoms with Gasteiger partial charge in [-0.15, -0.1) is 24.8 Å². The Morgan fingerprint density at radius 2 is 1.95 bits per heavy atom. The summed E-state index contributed by atoms with van der Waals surface area (Å²) in [5.74, 6) is 0.0963. The summed E-state index contributed by atoms with van der Waals surface area (Å²) in [7, 11) is 1.72. The smallest absolute Gasteiger partial charge is 0.242 e. The van der Waals surface area contributed by atoms with Crippen molar-refractivity contribution in [2.45, 2.75) is 31.3 Å². The lowest BCUT2D eigenvalue weighted by molar-refractivity contribution is -0.143. The summed E-state index contributed by atoms with van der Waals surface area (Å²) >= 11 is 0. The lowest BCUT2D eigenvalue weighted by Gasteiger charge is -2.43. The maximum Gasteiger partial charge on any atom is 0.242 e. The largest absolute Gasteiger partial charge is 0.383 e. The Bertz CT molecular complexity index is 341. The van der Waals surface area contributed by atoms with Gasteiger partial charge in [0.15, 0.2) is 0 Å². The highest BCUT2D eigenvalue weighted by molar-refractivity contribution is 5.86. The zero-order chi connectivity index (χ0) is 14.6. The summed E-state index contributed by atoms with van der Waals surface area (Å²) in [5.41, 5.74) is 5.57. The number of methoxy groups -OCH3 is 1. The van der Waals surface area contributed by atoms with Crippen molar-refractivity contribution in [1.29, 1.82) is 0 Å². The van der Waals surface area contributed by atoms with Gasteiger partial charge in [-0.2, -0.15) is 0 Å². The summed E-state index contributed by atoms with van der Waals surface area (Å²) in [6.07, 6.45) is 1.26. The average molecular weight is 358 g/mol. The van der Waals surface area contributed by atoms with Crippen LogP contribution in [0.5, 0.6) is 0 Å². The Hall–Kier alpha value is -0.110. The molecule has 0 aromatic rings. The van der Waals surface area contributed by atoms with Crippen molar-refractivity contribution in [2.75, 3.05) is 53.1 Å². The third-order valence-electron chi connectivity index (χ3n) is 4.45. The van der Waals surface area contributed by atoms with Crippen molar-refractivity contribution in [1.82, 2.24) is 9.80 Å². The van der Waals surface area contributed by atoms with E-state index in [0.29, 0.717) is 32.1 Å². The summed E-state index contributed by atoms with van der Waals surface area (Å²) in [6.45, 7) is 7.38. The van der Waals surface area contributed by atoms with Gasteiger partial charge in [-0.25, -0.2) is 0 Å². The minimum absolute atomic E-state index is 0. The van der Waals surface area contributed by atoms with E-state index in [0.717, 1.165) is 32.8 Å². The van der Waals surface area contributed by atoms with Gasteiger partial charge in [0, 0.05) is 52.5 Å². The highest BCUT2D eigenvalue weighted by Gasteiger charge is 2.40. The maximum absolute atomic E-state index is 12.6. The molecule has 0 aliphatic carbocycles. The molecule has 2 saturated heterocycles. The normalized spacial score (nSPS) is 25.0. The number of halogens is 2. The molecule has 0 saturated carbocycles. The van der Waals surface area contributed by atoms with Crippen molar-refractivity contribution in [3.63, 3.8) is 0 Å². The van der Waals surface area contributed by atoms with Crippen LogP contribution in [0.1, 0.15) is 19.8 Å². The number of nitrogens with zero attached hydrogens (tertiary/aromatic N) is 2. The molecule has 2 aliphatic heterocycles. The molecule has 2 heterocycles. The van der Waals surface area contributed by atoms with Gasteiger partial charge in [-0.3, -0.25) is 9.69 Å². The first kappa shape index (κ1) is 21.9.